The van der Waals surface area contributed by atoms with Gasteiger partial charge in [-0.3, -0.25) is 14.5 Å². The normalized spacial score (nSPS) is 18.4. The number of urea groups is 1. The molecule has 0 spiro atoms. The lowest BCUT2D eigenvalue weighted by Crippen LogP contribution is -2.45. The summed E-state index contributed by atoms with van der Waals surface area (Å²) in [6.45, 7) is 0.733. The van der Waals surface area contributed by atoms with Gasteiger partial charge in [-0.15, -0.1) is 0 Å². The Hall–Kier alpha value is -2.97. The molecule has 0 unspecified atom stereocenters. The molecule has 1 atom stereocenters. The predicted octanol–water partition coefficient (Wildman–Crippen LogP) is 3.09. The van der Waals surface area contributed by atoms with E-state index in [0.29, 0.717) is 27.6 Å². The number of halogens is 2. The fraction of sp³-hybridized carbons (Fsp3) is 0.286. The van der Waals surface area contributed by atoms with Gasteiger partial charge in [-0.25, -0.2) is 4.79 Å². The molecule has 0 fully saturated rings. The molecule has 4 amide bonds. The molecule has 2 aliphatic rings. The van der Waals surface area contributed by atoms with E-state index in [9.17, 15) is 14.4 Å². The molecule has 2 N–H and O–H groups in total. The van der Waals surface area contributed by atoms with Crippen molar-refractivity contribution in [1.82, 2.24) is 20.4 Å². The highest BCUT2D eigenvalue weighted by Gasteiger charge is 2.43. The molecule has 1 aromatic carbocycles. The Morgan fingerprint density at radius 1 is 1.26 bits per heavy atom. The highest BCUT2D eigenvalue weighted by molar-refractivity contribution is 6.42. The van der Waals surface area contributed by atoms with E-state index in [2.05, 4.69) is 10.6 Å². The van der Waals surface area contributed by atoms with Gasteiger partial charge in [-0.05, 0) is 23.8 Å². The minimum Gasteiger partial charge on any atom is -0.467 e. The molecular formula is C21H20Cl2N4O4. The van der Waals surface area contributed by atoms with Crippen molar-refractivity contribution in [2.45, 2.75) is 19.0 Å². The molecule has 10 heteroatoms. The maximum atomic E-state index is 13.2. The Bertz CT molecular complexity index is 1070. The molecular weight excluding hydrogens is 443 g/mol. The molecule has 2 aliphatic heterocycles. The van der Waals surface area contributed by atoms with Gasteiger partial charge in [0, 0.05) is 20.0 Å². The quantitative estimate of drug-likeness (QED) is 0.689. The van der Waals surface area contributed by atoms with Crippen LogP contribution in [0.1, 0.15) is 23.8 Å². The first-order valence-corrected chi connectivity index (χ1v) is 10.4. The van der Waals surface area contributed by atoms with E-state index in [0.717, 1.165) is 0 Å². The van der Waals surface area contributed by atoms with Crippen LogP contribution >= 0.6 is 23.2 Å². The fourth-order valence-corrected chi connectivity index (χ4v) is 4.12. The van der Waals surface area contributed by atoms with Crippen LogP contribution in [0.25, 0.3) is 0 Å². The summed E-state index contributed by atoms with van der Waals surface area (Å²) in [5, 5.41) is 6.20. The van der Waals surface area contributed by atoms with Crippen LogP contribution in [0.15, 0.2) is 52.3 Å². The first kappa shape index (κ1) is 21.3. The van der Waals surface area contributed by atoms with Crippen LogP contribution in [-0.4, -0.2) is 47.8 Å². The minimum absolute atomic E-state index is 0.126. The number of amides is 4. The Kier molecular flexibility index (Phi) is 5.93. The first-order valence-electron chi connectivity index (χ1n) is 9.66. The SMILES string of the molecule is CN1C(=O)N[C@H](c2cccc(Cl)c2Cl)C2=C1CN(CCC(=O)NCc1ccco1)C2=O. The topological polar surface area (TPSA) is 94.9 Å². The van der Waals surface area contributed by atoms with Gasteiger partial charge >= 0.3 is 6.03 Å². The van der Waals surface area contributed by atoms with Crippen LogP contribution in [0, 0.1) is 0 Å². The van der Waals surface area contributed by atoms with Gasteiger partial charge in [0.05, 0.1) is 46.7 Å². The molecule has 4 rings (SSSR count). The second-order valence-electron chi connectivity index (χ2n) is 7.28. The van der Waals surface area contributed by atoms with E-state index in [1.165, 1.54) is 11.2 Å². The van der Waals surface area contributed by atoms with Crippen LogP contribution in [-0.2, 0) is 16.1 Å². The van der Waals surface area contributed by atoms with Crippen molar-refractivity contribution in [2.75, 3.05) is 20.1 Å². The molecule has 162 valence electrons. The summed E-state index contributed by atoms with van der Waals surface area (Å²) in [4.78, 5) is 40.8. The minimum atomic E-state index is -0.713. The van der Waals surface area contributed by atoms with Crippen molar-refractivity contribution >= 4 is 41.0 Å². The van der Waals surface area contributed by atoms with Crippen LogP contribution in [0.2, 0.25) is 10.0 Å². The second-order valence-corrected chi connectivity index (χ2v) is 8.06. The predicted molar refractivity (Wildman–Crippen MR) is 114 cm³/mol. The molecule has 3 heterocycles. The summed E-state index contributed by atoms with van der Waals surface area (Å²) >= 11 is 12.5. The number of furan rings is 1. The molecule has 0 saturated heterocycles. The lowest BCUT2D eigenvalue weighted by Gasteiger charge is -2.31. The van der Waals surface area contributed by atoms with Crippen molar-refractivity contribution in [3.63, 3.8) is 0 Å². The summed E-state index contributed by atoms with van der Waals surface area (Å²) in [5.41, 5.74) is 1.57. The molecule has 2 aromatic rings. The fourth-order valence-electron chi connectivity index (χ4n) is 3.70. The number of carbonyl (C=O) groups is 3. The zero-order valence-electron chi connectivity index (χ0n) is 16.7. The highest BCUT2D eigenvalue weighted by Crippen LogP contribution is 2.39. The van der Waals surface area contributed by atoms with E-state index < -0.39 is 6.04 Å². The van der Waals surface area contributed by atoms with Crippen LogP contribution in [0.3, 0.4) is 0 Å². The van der Waals surface area contributed by atoms with E-state index in [1.54, 1.807) is 42.3 Å². The van der Waals surface area contributed by atoms with Gasteiger partial charge in [0.15, 0.2) is 0 Å². The Morgan fingerprint density at radius 3 is 2.81 bits per heavy atom. The van der Waals surface area contributed by atoms with Crippen molar-refractivity contribution in [1.29, 1.82) is 0 Å². The molecule has 8 nitrogen and oxygen atoms in total. The Labute approximate surface area is 188 Å². The largest absolute Gasteiger partial charge is 0.467 e. The smallest absolute Gasteiger partial charge is 0.322 e. The van der Waals surface area contributed by atoms with Crippen molar-refractivity contribution < 1.29 is 18.8 Å². The van der Waals surface area contributed by atoms with Crippen molar-refractivity contribution in [3.8, 4) is 0 Å². The number of hydrogen-bond donors (Lipinski definition) is 2. The third-order valence-electron chi connectivity index (χ3n) is 5.38. The number of rotatable bonds is 6. The van der Waals surface area contributed by atoms with Crippen LogP contribution in [0.4, 0.5) is 4.79 Å². The lowest BCUT2D eigenvalue weighted by atomic mass is 9.95. The number of likely N-dealkylation sites (N-methyl/N-ethyl adjacent to an activating group) is 1. The molecule has 0 radical (unpaired) electrons. The third-order valence-corrected chi connectivity index (χ3v) is 6.21. The van der Waals surface area contributed by atoms with Gasteiger partial charge in [-0.2, -0.15) is 0 Å². The number of carbonyl (C=O) groups excluding carboxylic acids is 3. The lowest BCUT2D eigenvalue weighted by molar-refractivity contribution is -0.127. The highest BCUT2D eigenvalue weighted by atomic mass is 35.5. The van der Waals surface area contributed by atoms with E-state index in [4.69, 9.17) is 27.6 Å². The van der Waals surface area contributed by atoms with Gasteiger partial charge in [-0.1, -0.05) is 35.3 Å². The average Bonchev–Trinajstić information content (AvgIpc) is 3.38. The third kappa shape index (κ3) is 4.13. The summed E-state index contributed by atoms with van der Waals surface area (Å²) < 4.78 is 5.19. The van der Waals surface area contributed by atoms with Crippen molar-refractivity contribution in [3.05, 3.63) is 69.2 Å². The molecule has 1 aromatic heterocycles. The summed E-state index contributed by atoms with van der Waals surface area (Å²) in [5.74, 6) is 0.197. The van der Waals surface area contributed by atoms with E-state index in [-0.39, 0.29) is 48.9 Å². The Morgan fingerprint density at radius 2 is 2.06 bits per heavy atom. The van der Waals surface area contributed by atoms with Gasteiger partial charge < -0.3 is 20.0 Å². The Balaban J connectivity index is 1.48. The summed E-state index contributed by atoms with van der Waals surface area (Å²) in [6, 6.07) is 7.55. The molecule has 0 aliphatic carbocycles. The average molecular weight is 463 g/mol. The van der Waals surface area contributed by atoms with E-state index >= 15 is 0 Å². The van der Waals surface area contributed by atoms with Gasteiger partial charge in [0.25, 0.3) is 5.91 Å². The van der Waals surface area contributed by atoms with E-state index in [1.807, 2.05) is 0 Å². The standard InChI is InChI=1S/C21H20Cl2N4O4/c1-26-15-11-27(8-7-16(28)24-10-12-4-3-9-31-12)20(29)17(15)19(25-21(26)30)13-5-2-6-14(22)18(13)23/h2-6,9,19H,7-8,10-11H2,1H3,(H,24,28)(H,25,30)/t19-/m1/s1. The van der Waals surface area contributed by atoms with Gasteiger partial charge in [0.2, 0.25) is 5.91 Å². The number of nitrogens with zero attached hydrogens (tertiary/aromatic N) is 2. The molecule has 0 saturated carbocycles. The number of benzene rings is 1. The maximum absolute atomic E-state index is 13.2. The summed E-state index contributed by atoms with van der Waals surface area (Å²) in [6.07, 6.45) is 1.66. The maximum Gasteiger partial charge on any atom is 0.322 e. The van der Waals surface area contributed by atoms with Crippen LogP contribution in [0.5, 0.6) is 0 Å². The van der Waals surface area contributed by atoms with Gasteiger partial charge in [0.1, 0.15) is 5.76 Å². The molecule has 31 heavy (non-hydrogen) atoms. The monoisotopic (exact) mass is 462 g/mol. The summed E-state index contributed by atoms with van der Waals surface area (Å²) in [7, 11) is 1.60. The van der Waals surface area contributed by atoms with Crippen molar-refractivity contribution in [2.24, 2.45) is 0 Å². The number of hydrogen-bond acceptors (Lipinski definition) is 4. The zero-order valence-corrected chi connectivity index (χ0v) is 18.2. The first-order chi connectivity index (χ1) is 14.9. The zero-order chi connectivity index (χ0) is 22.1. The molecule has 0 bridgehead atoms. The van der Waals surface area contributed by atoms with Crippen LogP contribution < -0.4 is 10.6 Å². The second kappa shape index (κ2) is 8.64. The number of nitrogens with one attached hydrogen (secondary N) is 2.